The van der Waals surface area contributed by atoms with E-state index in [2.05, 4.69) is 24.1 Å². The molecule has 1 heterocycles. The van der Waals surface area contributed by atoms with Crippen LogP contribution in [0.4, 0.5) is 6.01 Å². The smallest absolute Gasteiger partial charge is 0.294 e. The van der Waals surface area contributed by atoms with Gasteiger partial charge in [-0.15, -0.1) is 0 Å². The van der Waals surface area contributed by atoms with Gasteiger partial charge in [-0.3, -0.25) is 0 Å². The van der Waals surface area contributed by atoms with Crippen molar-refractivity contribution in [2.45, 2.75) is 40.0 Å². The molecule has 0 amide bonds. The van der Waals surface area contributed by atoms with Crippen LogP contribution in [0.15, 0.2) is 4.42 Å². The van der Waals surface area contributed by atoms with Gasteiger partial charge in [0.25, 0.3) is 6.01 Å². The van der Waals surface area contributed by atoms with E-state index in [1.54, 1.807) is 0 Å². The van der Waals surface area contributed by atoms with E-state index in [4.69, 9.17) is 4.42 Å². The van der Waals surface area contributed by atoms with E-state index in [1.165, 1.54) is 12.8 Å². The first-order chi connectivity index (χ1) is 6.63. The Hall–Kier alpha value is -0.990. The Balaban J connectivity index is 2.45. The quantitative estimate of drug-likeness (QED) is 0.786. The van der Waals surface area contributed by atoms with Crippen molar-refractivity contribution in [2.24, 2.45) is 5.92 Å². The second kappa shape index (κ2) is 5.03. The van der Waals surface area contributed by atoms with Crippen molar-refractivity contribution in [3.8, 4) is 0 Å². The number of oxazole rings is 1. The van der Waals surface area contributed by atoms with Crippen LogP contribution in [0.5, 0.6) is 0 Å². The highest BCUT2D eigenvalue weighted by Crippen LogP contribution is 2.16. The van der Waals surface area contributed by atoms with Gasteiger partial charge in [0.15, 0.2) is 0 Å². The number of hydrogen-bond acceptors (Lipinski definition) is 3. The molecule has 3 heteroatoms. The Morgan fingerprint density at radius 1 is 1.43 bits per heavy atom. The summed E-state index contributed by atoms with van der Waals surface area (Å²) in [6.07, 6.45) is 3.46. The maximum absolute atomic E-state index is 5.40. The summed E-state index contributed by atoms with van der Waals surface area (Å²) in [6.45, 7) is 6.46. The number of rotatable bonds is 5. The summed E-state index contributed by atoms with van der Waals surface area (Å²) in [5, 5.41) is 2.91. The van der Waals surface area contributed by atoms with Gasteiger partial charge in [0, 0.05) is 7.05 Å². The largest absolute Gasteiger partial charge is 0.429 e. The summed E-state index contributed by atoms with van der Waals surface area (Å²) in [5.41, 5.74) is 1.09. The molecule has 0 aliphatic rings. The third kappa shape index (κ3) is 3.05. The zero-order chi connectivity index (χ0) is 10.6. The normalized spacial score (nSPS) is 10.9. The third-order valence-electron chi connectivity index (χ3n) is 2.30. The van der Waals surface area contributed by atoms with Crippen molar-refractivity contribution < 1.29 is 4.42 Å². The predicted molar refractivity (Wildman–Crippen MR) is 58.6 cm³/mol. The molecule has 1 rings (SSSR count). The van der Waals surface area contributed by atoms with Crippen LogP contribution >= 0.6 is 0 Å². The first-order valence-corrected chi connectivity index (χ1v) is 5.27. The van der Waals surface area contributed by atoms with Crippen molar-refractivity contribution in [1.29, 1.82) is 0 Å². The highest BCUT2D eigenvalue weighted by atomic mass is 16.4. The van der Waals surface area contributed by atoms with Crippen molar-refractivity contribution in [1.82, 2.24) is 4.98 Å². The summed E-state index contributed by atoms with van der Waals surface area (Å²) in [7, 11) is 1.82. The molecule has 0 aliphatic carbocycles. The van der Waals surface area contributed by atoms with Crippen molar-refractivity contribution >= 4 is 6.01 Å². The van der Waals surface area contributed by atoms with Gasteiger partial charge < -0.3 is 9.73 Å². The van der Waals surface area contributed by atoms with Gasteiger partial charge in [-0.25, -0.2) is 0 Å². The lowest BCUT2D eigenvalue weighted by atomic mass is 10.1. The second-order valence-electron chi connectivity index (χ2n) is 4.06. The first-order valence-electron chi connectivity index (χ1n) is 5.27. The minimum atomic E-state index is 0.627. The molecule has 0 unspecified atom stereocenters. The lowest BCUT2D eigenvalue weighted by molar-refractivity contribution is 0.531. The number of aromatic nitrogens is 1. The molecule has 0 saturated carbocycles. The van der Waals surface area contributed by atoms with Gasteiger partial charge in [0.1, 0.15) is 5.76 Å². The Morgan fingerprint density at radius 2 is 2.14 bits per heavy atom. The number of nitrogens with zero attached hydrogens (tertiary/aromatic N) is 1. The molecule has 1 aromatic rings. The minimum absolute atomic E-state index is 0.627. The monoisotopic (exact) mass is 196 g/mol. The van der Waals surface area contributed by atoms with Gasteiger partial charge in [-0.1, -0.05) is 20.3 Å². The molecule has 0 spiro atoms. The SMILES string of the molecule is CNc1nc(CCCC(C)C)c(C)o1. The van der Waals surface area contributed by atoms with E-state index < -0.39 is 0 Å². The minimum Gasteiger partial charge on any atom is -0.429 e. The van der Waals surface area contributed by atoms with Gasteiger partial charge in [-0.2, -0.15) is 4.98 Å². The highest BCUT2D eigenvalue weighted by molar-refractivity contribution is 5.23. The van der Waals surface area contributed by atoms with Crippen LogP contribution in [0.25, 0.3) is 0 Å². The van der Waals surface area contributed by atoms with E-state index in [-0.39, 0.29) is 0 Å². The fraction of sp³-hybridized carbons (Fsp3) is 0.727. The molecule has 0 saturated heterocycles. The number of hydrogen-bond donors (Lipinski definition) is 1. The van der Waals surface area contributed by atoms with Gasteiger partial charge in [0.2, 0.25) is 0 Å². The molecule has 80 valence electrons. The molecule has 0 fully saturated rings. The van der Waals surface area contributed by atoms with Gasteiger partial charge in [0.05, 0.1) is 5.69 Å². The lowest BCUT2D eigenvalue weighted by Crippen LogP contribution is -1.93. The van der Waals surface area contributed by atoms with E-state index in [0.717, 1.165) is 23.8 Å². The topological polar surface area (TPSA) is 38.1 Å². The predicted octanol–water partition coefficient (Wildman–Crippen LogP) is 3.00. The van der Waals surface area contributed by atoms with Gasteiger partial charge in [-0.05, 0) is 25.7 Å². The van der Waals surface area contributed by atoms with E-state index in [1.807, 2.05) is 14.0 Å². The molecule has 1 N–H and O–H groups in total. The Kier molecular flexibility index (Phi) is 3.98. The fourth-order valence-corrected chi connectivity index (χ4v) is 1.44. The second-order valence-corrected chi connectivity index (χ2v) is 4.06. The average molecular weight is 196 g/mol. The summed E-state index contributed by atoms with van der Waals surface area (Å²) < 4.78 is 5.40. The number of nitrogens with one attached hydrogen (secondary N) is 1. The average Bonchev–Trinajstić information content (AvgIpc) is 2.47. The Morgan fingerprint density at radius 3 is 2.64 bits per heavy atom. The molecule has 1 aromatic heterocycles. The first kappa shape index (κ1) is 11.1. The molecule has 0 aliphatic heterocycles. The van der Waals surface area contributed by atoms with Crippen LogP contribution in [0.1, 0.15) is 38.1 Å². The summed E-state index contributed by atoms with van der Waals surface area (Å²) in [4.78, 5) is 4.35. The molecule has 0 bridgehead atoms. The Labute approximate surface area is 85.9 Å². The maximum atomic E-state index is 5.40. The zero-order valence-corrected chi connectivity index (χ0v) is 9.55. The van der Waals surface area contributed by atoms with Crippen LogP contribution < -0.4 is 5.32 Å². The van der Waals surface area contributed by atoms with Crippen molar-refractivity contribution in [3.63, 3.8) is 0 Å². The molecule has 3 nitrogen and oxygen atoms in total. The summed E-state index contributed by atoms with van der Waals surface area (Å²) in [5.74, 6) is 1.71. The van der Waals surface area contributed by atoms with Crippen LogP contribution in [-0.2, 0) is 6.42 Å². The number of anilines is 1. The van der Waals surface area contributed by atoms with E-state index >= 15 is 0 Å². The van der Waals surface area contributed by atoms with E-state index in [0.29, 0.717) is 6.01 Å². The van der Waals surface area contributed by atoms with Gasteiger partial charge >= 0.3 is 0 Å². The molecule has 0 radical (unpaired) electrons. The summed E-state index contributed by atoms with van der Waals surface area (Å²) in [6, 6.07) is 0.627. The van der Waals surface area contributed by atoms with Crippen LogP contribution in [0.2, 0.25) is 0 Å². The lowest BCUT2D eigenvalue weighted by Gasteiger charge is -2.01. The highest BCUT2D eigenvalue weighted by Gasteiger charge is 2.07. The van der Waals surface area contributed by atoms with Crippen LogP contribution in [0.3, 0.4) is 0 Å². The van der Waals surface area contributed by atoms with Crippen molar-refractivity contribution in [2.75, 3.05) is 12.4 Å². The molecular formula is C11H20N2O. The maximum Gasteiger partial charge on any atom is 0.294 e. The molecule has 0 atom stereocenters. The van der Waals surface area contributed by atoms with Crippen LogP contribution in [0, 0.1) is 12.8 Å². The number of aryl methyl sites for hydroxylation is 2. The Bertz CT molecular complexity index is 279. The molecular weight excluding hydrogens is 176 g/mol. The fourth-order valence-electron chi connectivity index (χ4n) is 1.44. The standard InChI is InChI=1S/C11H20N2O/c1-8(2)6-5-7-10-9(3)14-11(12-4)13-10/h8H,5-7H2,1-4H3,(H,12,13). The molecule has 14 heavy (non-hydrogen) atoms. The van der Waals surface area contributed by atoms with Crippen LogP contribution in [-0.4, -0.2) is 12.0 Å². The zero-order valence-electron chi connectivity index (χ0n) is 9.55. The van der Waals surface area contributed by atoms with Crippen molar-refractivity contribution in [3.05, 3.63) is 11.5 Å². The summed E-state index contributed by atoms with van der Waals surface area (Å²) >= 11 is 0. The van der Waals surface area contributed by atoms with E-state index in [9.17, 15) is 0 Å². The third-order valence-corrected chi connectivity index (χ3v) is 2.30. The molecule has 0 aromatic carbocycles.